The van der Waals surface area contributed by atoms with Gasteiger partial charge in [0.1, 0.15) is 11.6 Å². The Balaban J connectivity index is 1.56. The Morgan fingerprint density at radius 2 is 1.88 bits per heavy atom. The zero-order valence-corrected chi connectivity index (χ0v) is 14.5. The van der Waals surface area contributed by atoms with Crippen LogP contribution in [0.5, 0.6) is 5.75 Å². The first-order valence-electron chi connectivity index (χ1n) is 7.63. The molecule has 3 aromatic rings. The van der Waals surface area contributed by atoms with E-state index in [1.807, 2.05) is 0 Å². The zero-order valence-electron chi connectivity index (χ0n) is 13.7. The van der Waals surface area contributed by atoms with Crippen molar-refractivity contribution in [3.05, 3.63) is 75.9 Å². The van der Waals surface area contributed by atoms with Crippen LogP contribution in [0.25, 0.3) is 0 Å². The molecule has 0 N–H and O–H groups in total. The van der Waals surface area contributed by atoms with E-state index >= 15 is 0 Å². The SMILES string of the molecule is C[C@@H](Oc1ccc(F)cc1)c1nnc(SCc2ccc([N+](=O)[O-])cc2)o1. The summed E-state index contributed by atoms with van der Waals surface area (Å²) in [4.78, 5) is 10.2. The highest BCUT2D eigenvalue weighted by atomic mass is 32.2. The van der Waals surface area contributed by atoms with Crippen molar-refractivity contribution in [2.45, 2.75) is 24.0 Å². The van der Waals surface area contributed by atoms with Gasteiger partial charge in [-0.25, -0.2) is 4.39 Å². The molecule has 1 aromatic heterocycles. The lowest BCUT2D eigenvalue weighted by Gasteiger charge is -2.10. The number of rotatable bonds is 7. The van der Waals surface area contributed by atoms with Gasteiger partial charge in [-0.2, -0.15) is 0 Å². The molecular formula is C17H14FN3O4S. The molecule has 2 aromatic carbocycles. The normalized spacial score (nSPS) is 11.9. The molecule has 9 heteroatoms. The molecule has 0 aliphatic rings. The summed E-state index contributed by atoms with van der Waals surface area (Å²) in [5.41, 5.74) is 0.946. The van der Waals surface area contributed by atoms with E-state index in [0.29, 0.717) is 22.6 Å². The lowest BCUT2D eigenvalue weighted by Crippen LogP contribution is -2.03. The van der Waals surface area contributed by atoms with Crippen molar-refractivity contribution < 1.29 is 18.5 Å². The van der Waals surface area contributed by atoms with Gasteiger partial charge in [-0.1, -0.05) is 23.9 Å². The van der Waals surface area contributed by atoms with Gasteiger partial charge in [-0.05, 0) is 36.8 Å². The van der Waals surface area contributed by atoms with Crippen LogP contribution in [0.4, 0.5) is 10.1 Å². The predicted molar refractivity (Wildman–Crippen MR) is 92.4 cm³/mol. The zero-order chi connectivity index (χ0) is 18.5. The third kappa shape index (κ3) is 4.57. The molecule has 0 spiro atoms. The fourth-order valence-corrected chi connectivity index (χ4v) is 2.80. The second-order valence-electron chi connectivity index (χ2n) is 5.33. The lowest BCUT2D eigenvalue weighted by molar-refractivity contribution is -0.384. The maximum absolute atomic E-state index is 12.9. The van der Waals surface area contributed by atoms with E-state index in [1.54, 1.807) is 19.1 Å². The van der Waals surface area contributed by atoms with Gasteiger partial charge in [-0.15, -0.1) is 10.2 Å². The average Bonchev–Trinajstić information content (AvgIpc) is 3.11. The standard InChI is InChI=1S/C17H14FN3O4S/c1-11(24-15-8-4-13(18)5-9-15)16-19-20-17(25-16)26-10-12-2-6-14(7-3-12)21(22)23/h2-9,11H,10H2,1H3/t11-/m1/s1. The van der Waals surface area contributed by atoms with Crippen LogP contribution >= 0.6 is 11.8 Å². The molecule has 0 aliphatic carbocycles. The maximum Gasteiger partial charge on any atom is 0.277 e. The van der Waals surface area contributed by atoms with Crippen molar-refractivity contribution in [3.63, 3.8) is 0 Å². The molecule has 134 valence electrons. The van der Waals surface area contributed by atoms with E-state index in [-0.39, 0.29) is 11.5 Å². The van der Waals surface area contributed by atoms with Gasteiger partial charge in [0.25, 0.3) is 16.8 Å². The Morgan fingerprint density at radius 3 is 2.54 bits per heavy atom. The number of benzene rings is 2. The lowest BCUT2D eigenvalue weighted by atomic mass is 10.2. The van der Waals surface area contributed by atoms with Gasteiger partial charge in [-0.3, -0.25) is 10.1 Å². The maximum atomic E-state index is 12.9. The van der Waals surface area contributed by atoms with E-state index in [9.17, 15) is 14.5 Å². The summed E-state index contributed by atoms with van der Waals surface area (Å²) in [6.07, 6.45) is -0.485. The minimum absolute atomic E-state index is 0.0468. The van der Waals surface area contributed by atoms with Gasteiger partial charge >= 0.3 is 0 Å². The van der Waals surface area contributed by atoms with E-state index in [4.69, 9.17) is 9.15 Å². The van der Waals surface area contributed by atoms with Crippen molar-refractivity contribution in [3.8, 4) is 5.75 Å². The quantitative estimate of drug-likeness (QED) is 0.340. The minimum Gasteiger partial charge on any atom is -0.481 e. The molecule has 0 aliphatic heterocycles. The third-order valence-electron chi connectivity index (χ3n) is 3.41. The van der Waals surface area contributed by atoms with Gasteiger partial charge in [0.15, 0.2) is 6.10 Å². The molecule has 0 radical (unpaired) electrons. The molecule has 0 unspecified atom stereocenters. The smallest absolute Gasteiger partial charge is 0.277 e. The number of aromatic nitrogens is 2. The Labute approximate surface area is 152 Å². The van der Waals surface area contributed by atoms with Crippen LogP contribution < -0.4 is 4.74 Å². The van der Waals surface area contributed by atoms with Crippen LogP contribution in [0.15, 0.2) is 58.2 Å². The van der Waals surface area contributed by atoms with E-state index < -0.39 is 11.0 Å². The summed E-state index contributed by atoms with van der Waals surface area (Å²) in [6, 6.07) is 11.9. The summed E-state index contributed by atoms with van der Waals surface area (Å²) in [5.74, 6) is 0.998. The molecule has 0 amide bonds. The fraction of sp³-hybridized carbons (Fsp3) is 0.176. The van der Waals surface area contributed by atoms with Crippen molar-refractivity contribution >= 4 is 17.4 Å². The Hall–Kier alpha value is -2.94. The van der Waals surface area contributed by atoms with Crippen LogP contribution in [0, 0.1) is 15.9 Å². The van der Waals surface area contributed by atoms with Crippen LogP contribution in [0.1, 0.15) is 24.5 Å². The third-order valence-corrected chi connectivity index (χ3v) is 4.30. The second-order valence-corrected chi connectivity index (χ2v) is 6.26. The monoisotopic (exact) mass is 375 g/mol. The number of hydrogen-bond donors (Lipinski definition) is 0. The molecule has 0 saturated carbocycles. The molecule has 0 bridgehead atoms. The highest BCUT2D eigenvalue weighted by molar-refractivity contribution is 7.98. The first-order chi connectivity index (χ1) is 12.5. The molecule has 3 rings (SSSR count). The van der Waals surface area contributed by atoms with Gasteiger partial charge in [0.2, 0.25) is 0 Å². The van der Waals surface area contributed by atoms with Crippen molar-refractivity contribution in [2.75, 3.05) is 0 Å². The molecule has 26 heavy (non-hydrogen) atoms. The Morgan fingerprint density at radius 1 is 1.19 bits per heavy atom. The van der Waals surface area contributed by atoms with Gasteiger partial charge < -0.3 is 9.15 Å². The minimum atomic E-state index is -0.485. The van der Waals surface area contributed by atoms with Crippen LogP contribution in [0.3, 0.4) is 0 Å². The van der Waals surface area contributed by atoms with Crippen LogP contribution in [-0.2, 0) is 5.75 Å². The van der Waals surface area contributed by atoms with Gasteiger partial charge in [0.05, 0.1) is 4.92 Å². The largest absolute Gasteiger partial charge is 0.481 e. The first kappa shape index (κ1) is 17.9. The fourth-order valence-electron chi connectivity index (χ4n) is 2.07. The van der Waals surface area contributed by atoms with Crippen LogP contribution in [-0.4, -0.2) is 15.1 Å². The number of ether oxygens (including phenoxy) is 1. The van der Waals surface area contributed by atoms with E-state index in [0.717, 1.165) is 5.56 Å². The molecule has 0 fully saturated rings. The van der Waals surface area contributed by atoms with Gasteiger partial charge in [0, 0.05) is 17.9 Å². The summed E-state index contributed by atoms with van der Waals surface area (Å²) >= 11 is 1.32. The Kier molecular flexibility index (Phi) is 5.47. The molecule has 1 heterocycles. The molecule has 1 atom stereocenters. The van der Waals surface area contributed by atoms with Crippen molar-refractivity contribution in [1.82, 2.24) is 10.2 Å². The molecule has 7 nitrogen and oxygen atoms in total. The molecular weight excluding hydrogens is 361 g/mol. The number of non-ortho nitro benzene ring substituents is 1. The summed E-state index contributed by atoms with van der Waals surface area (Å²) < 4.78 is 24.1. The summed E-state index contributed by atoms with van der Waals surface area (Å²) in [5, 5.41) is 18.9. The average molecular weight is 375 g/mol. The van der Waals surface area contributed by atoms with E-state index in [1.165, 1.54) is 48.2 Å². The van der Waals surface area contributed by atoms with E-state index in [2.05, 4.69) is 10.2 Å². The summed E-state index contributed by atoms with van der Waals surface area (Å²) in [6.45, 7) is 1.75. The first-order valence-corrected chi connectivity index (χ1v) is 8.61. The highest BCUT2D eigenvalue weighted by Crippen LogP contribution is 2.26. The second kappa shape index (κ2) is 7.96. The van der Waals surface area contributed by atoms with Crippen LogP contribution in [0.2, 0.25) is 0 Å². The van der Waals surface area contributed by atoms with Crippen molar-refractivity contribution in [1.29, 1.82) is 0 Å². The number of nitro benzene ring substituents is 1. The van der Waals surface area contributed by atoms with Crippen molar-refractivity contribution in [2.24, 2.45) is 0 Å². The number of thioether (sulfide) groups is 1. The number of halogens is 1. The Bertz CT molecular complexity index is 884. The number of nitro groups is 1. The predicted octanol–water partition coefficient (Wildman–Crippen LogP) is 4.55. The number of hydrogen-bond acceptors (Lipinski definition) is 7. The molecule has 0 saturated heterocycles. The number of nitrogens with zero attached hydrogens (tertiary/aromatic N) is 3. The summed E-state index contributed by atoms with van der Waals surface area (Å²) in [7, 11) is 0. The topological polar surface area (TPSA) is 91.3 Å². The highest BCUT2D eigenvalue weighted by Gasteiger charge is 2.16.